The molecular weight excluding hydrogens is 270 g/mol. The van der Waals surface area contributed by atoms with E-state index >= 15 is 0 Å². The molecule has 2 aromatic rings. The first-order valence-electron chi connectivity index (χ1n) is 7.10. The van der Waals surface area contributed by atoms with Gasteiger partial charge >= 0.3 is 0 Å². The van der Waals surface area contributed by atoms with E-state index in [1.807, 2.05) is 6.92 Å². The summed E-state index contributed by atoms with van der Waals surface area (Å²) in [7, 11) is 0. The largest absolute Gasteiger partial charge is 0.395 e. The minimum atomic E-state index is 0.0365. The predicted octanol–water partition coefficient (Wildman–Crippen LogP) is 3.06. The van der Waals surface area contributed by atoms with Crippen LogP contribution in [0.25, 0.3) is 10.1 Å². The number of amides is 1. The van der Waals surface area contributed by atoms with Crippen LogP contribution in [0.5, 0.6) is 0 Å². The van der Waals surface area contributed by atoms with Crippen molar-refractivity contribution < 1.29 is 9.90 Å². The summed E-state index contributed by atoms with van der Waals surface area (Å²) < 4.78 is 1.31. The van der Waals surface area contributed by atoms with Gasteiger partial charge in [-0.3, -0.25) is 4.79 Å². The molecule has 1 aromatic heterocycles. The van der Waals surface area contributed by atoms with E-state index in [1.54, 1.807) is 16.2 Å². The molecule has 0 bridgehead atoms. The molecule has 4 heteroatoms. The second-order valence-electron chi connectivity index (χ2n) is 4.81. The van der Waals surface area contributed by atoms with Crippen molar-refractivity contribution in [2.45, 2.75) is 26.2 Å². The van der Waals surface area contributed by atoms with E-state index in [4.69, 9.17) is 5.11 Å². The average molecular weight is 291 g/mol. The SMILES string of the molecule is CCN(CCO)C(=O)CCCc1csc2ccccc12. The molecule has 3 nitrogen and oxygen atoms in total. The summed E-state index contributed by atoms with van der Waals surface area (Å²) >= 11 is 1.76. The first-order valence-corrected chi connectivity index (χ1v) is 7.98. The van der Waals surface area contributed by atoms with Gasteiger partial charge in [0.05, 0.1) is 6.61 Å². The fraction of sp³-hybridized carbons (Fsp3) is 0.438. The molecule has 0 aliphatic carbocycles. The molecule has 0 aliphatic heterocycles. The second-order valence-corrected chi connectivity index (χ2v) is 5.72. The quantitative estimate of drug-likeness (QED) is 0.851. The van der Waals surface area contributed by atoms with Crippen molar-refractivity contribution in [3.05, 3.63) is 35.2 Å². The third-order valence-corrected chi connectivity index (χ3v) is 4.51. The number of aliphatic hydroxyl groups excluding tert-OH is 1. The van der Waals surface area contributed by atoms with Gasteiger partial charge in [0.25, 0.3) is 0 Å². The van der Waals surface area contributed by atoms with Gasteiger partial charge in [0, 0.05) is 24.2 Å². The molecule has 2 rings (SSSR count). The predicted molar refractivity (Wildman–Crippen MR) is 84.1 cm³/mol. The van der Waals surface area contributed by atoms with Gasteiger partial charge in [-0.2, -0.15) is 0 Å². The Morgan fingerprint density at radius 2 is 2.15 bits per heavy atom. The van der Waals surface area contributed by atoms with Crippen LogP contribution < -0.4 is 0 Å². The van der Waals surface area contributed by atoms with E-state index in [2.05, 4.69) is 29.6 Å². The van der Waals surface area contributed by atoms with Crippen LogP contribution >= 0.6 is 11.3 Å². The van der Waals surface area contributed by atoms with Crippen molar-refractivity contribution in [2.24, 2.45) is 0 Å². The summed E-state index contributed by atoms with van der Waals surface area (Å²) in [5, 5.41) is 12.4. The van der Waals surface area contributed by atoms with Crippen molar-refractivity contribution >= 4 is 27.3 Å². The first-order chi connectivity index (χ1) is 9.76. The monoisotopic (exact) mass is 291 g/mol. The highest BCUT2D eigenvalue weighted by molar-refractivity contribution is 7.17. The van der Waals surface area contributed by atoms with E-state index in [1.165, 1.54) is 15.6 Å². The summed E-state index contributed by atoms with van der Waals surface area (Å²) in [4.78, 5) is 13.7. The van der Waals surface area contributed by atoms with Gasteiger partial charge in [0.1, 0.15) is 0 Å². The van der Waals surface area contributed by atoms with Gasteiger partial charge in [-0.05, 0) is 42.2 Å². The highest BCUT2D eigenvalue weighted by Gasteiger charge is 2.11. The van der Waals surface area contributed by atoms with Crippen molar-refractivity contribution in [3.8, 4) is 0 Å². The lowest BCUT2D eigenvalue weighted by Crippen LogP contribution is -2.33. The number of fused-ring (bicyclic) bond motifs is 1. The number of likely N-dealkylation sites (N-methyl/N-ethyl adjacent to an activating group) is 1. The minimum Gasteiger partial charge on any atom is -0.395 e. The highest BCUT2D eigenvalue weighted by Crippen LogP contribution is 2.26. The zero-order chi connectivity index (χ0) is 14.4. The Hall–Kier alpha value is -1.39. The molecular formula is C16H21NO2S. The van der Waals surface area contributed by atoms with Gasteiger partial charge in [0.2, 0.25) is 5.91 Å². The van der Waals surface area contributed by atoms with E-state index in [0.717, 1.165) is 12.8 Å². The van der Waals surface area contributed by atoms with Gasteiger partial charge < -0.3 is 10.0 Å². The molecule has 20 heavy (non-hydrogen) atoms. The molecule has 0 saturated carbocycles. The number of benzene rings is 1. The maximum atomic E-state index is 12.0. The zero-order valence-electron chi connectivity index (χ0n) is 11.8. The van der Waals surface area contributed by atoms with Crippen LogP contribution in [0.15, 0.2) is 29.6 Å². The molecule has 1 amide bonds. The summed E-state index contributed by atoms with van der Waals surface area (Å²) in [5.74, 6) is 0.140. The number of carbonyl (C=O) groups excluding carboxylic acids is 1. The maximum Gasteiger partial charge on any atom is 0.222 e. The van der Waals surface area contributed by atoms with Crippen LogP contribution in [-0.2, 0) is 11.2 Å². The molecule has 1 N–H and O–H groups in total. The Kier molecular flexibility index (Phi) is 5.56. The van der Waals surface area contributed by atoms with Crippen LogP contribution in [0, 0.1) is 0 Å². The Labute approximate surface area is 123 Å². The lowest BCUT2D eigenvalue weighted by atomic mass is 10.1. The lowest BCUT2D eigenvalue weighted by Gasteiger charge is -2.19. The topological polar surface area (TPSA) is 40.5 Å². The van der Waals surface area contributed by atoms with Crippen LogP contribution in [0.1, 0.15) is 25.3 Å². The summed E-state index contributed by atoms with van der Waals surface area (Å²) in [6.07, 6.45) is 2.35. The molecule has 0 aliphatic rings. The third-order valence-electron chi connectivity index (χ3n) is 3.50. The van der Waals surface area contributed by atoms with Crippen LogP contribution in [0.4, 0.5) is 0 Å². The van der Waals surface area contributed by atoms with Crippen molar-refractivity contribution in [2.75, 3.05) is 19.7 Å². The van der Waals surface area contributed by atoms with Crippen molar-refractivity contribution in [1.29, 1.82) is 0 Å². The van der Waals surface area contributed by atoms with E-state index in [9.17, 15) is 4.79 Å². The Morgan fingerprint density at radius 1 is 1.35 bits per heavy atom. The van der Waals surface area contributed by atoms with Gasteiger partial charge in [-0.25, -0.2) is 0 Å². The number of carbonyl (C=O) groups is 1. The first kappa shape index (κ1) is 15.0. The summed E-state index contributed by atoms with van der Waals surface area (Å²) in [6, 6.07) is 8.39. The summed E-state index contributed by atoms with van der Waals surface area (Å²) in [5.41, 5.74) is 1.34. The number of thiophene rings is 1. The molecule has 0 spiro atoms. The fourth-order valence-electron chi connectivity index (χ4n) is 2.39. The maximum absolute atomic E-state index is 12.0. The molecule has 0 atom stereocenters. The van der Waals surface area contributed by atoms with Gasteiger partial charge in [-0.15, -0.1) is 11.3 Å². The molecule has 108 valence electrons. The number of hydrogen-bond donors (Lipinski definition) is 1. The van der Waals surface area contributed by atoms with Crippen molar-refractivity contribution in [3.63, 3.8) is 0 Å². The van der Waals surface area contributed by atoms with Crippen LogP contribution in [0.2, 0.25) is 0 Å². The van der Waals surface area contributed by atoms with E-state index < -0.39 is 0 Å². The highest BCUT2D eigenvalue weighted by atomic mass is 32.1. The van der Waals surface area contributed by atoms with Gasteiger partial charge in [0.15, 0.2) is 0 Å². The standard InChI is InChI=1S/C16H21NO2S/c1-2-17(10-11-18)16(19)9-5-6-13-12-20-15-8-4-3-7-14(13)15/h3-4,7-8,12,18H,2,5-6,9-11H2,1H3. The fourth-order valence-corrected chi connectivity index (χ4v) is 3.39. The molecule has 1 heterocycles. The lowest BCUT2D eigenvalue weighted by molar-refractivity contribution is -0.131. The number of aryl methyl sites for hydroxylation is 1. The average Bonchev–Trinajstić information content (AvgIpc) is 2.88. The van der Waals surface area contributed by atoms with Gasteiger partial charge in [-0.1, -0.05) is 18.2 Å². The number of aliphatic hydroxyl groups is 1. The zero-order valence-corrected chi connectivity index (χ0v) is 12.7. The van der Waals surface area contributed by atoms with Crippen LogP contribution in [-0.4, -0.2) is 35.6 Å². The Morgan fingerprint density at radius 3 is 2.90 bits per heavy atom. The molecule has 1 aromatic carbocycles. The minimum absolute atomic E-state index is 0.0365. The number of nitrogens with zero attached hydrogens (tertiary/aromatic N) is 1. The molecule has 0 fully saturated rings. The van der Waals surface area contributed by atoms with Crippen molar-refractivity contribution in [1.82, 2.24) is 4.90 Å². The normalized spacial score (nSPS) is 10.9. The Balaban J connectivity index is 1.88. The van der Waals surface area contributed by atoms with E-state index in [-0.39, 0.29) is 12.5 Å². The van der Waals surface area contributed by atoms with Crippen LogP contribution in [0.3, 0.4) is 0 Å². The smallest absolute Gasteiger partial charge is 0.222 e. The number of rotatable bonds is 7. The molecule has 0 unspecified atom stereocenters. The number of hydrogen-bond acceptors (Lipinski definition) is 3. The molecule has 0 radical (unpaired) electrons. The second kappa shape index (κ2) is 7.41. The molecule has 0 saturated heterocycles. The third kappa shape index (κ3) is 3.58. The summed E-state index contributed by atoms with van der Waals surface area (Å²) in [6.45, 7) is 3.09. The van der Waals surface area contributed by atoms with E-state index in [0.29, 0.717) is 19.5 Å². The Bertz CT molecular complexity index is 564.